The Morgan fingerprint density at radius 3 is 2.45 bits per heavy atom. The van der Waals surface area contributed by atoms with Gasteiger partial charge in [-0.3, -0.25) is 4.90 Å². The van der Waals surface area contributed by atoms with E-state index in [9.17, 15) is 0 Å². The van der Waals surface area contributed by atoms with Crippen LogP contribution in [0.4, 0.5) is 5.82 Å². The first kappa shape index (κ1) is 16.9. The summed E-state index contributed by atoms with van der Waals surface area (Å²) in [6, 6.07) is 6.11. The molecule has 0 atom stereocenters. The number of nitrogens with one attached hydrogen (secondary N) is 1. The van der Waals surface area contributed by atoms with Crippen molar-refractivity contribution in [3.63, 3.8) is 0 Å². The van der Waals surface area contributed by atoms with Crippen molar-refractivity contribution in [2.24, 2.45) is 0 Å². The van der Waals surface area contributed by atoms with E-state index in [1.807, 2.05) is 12.1 Å². The first-order chi connectivity index (χ1) is 9.80. The Kier molecular flexibility index (Phi) is 8.95. The highest BCUT2D eigenvalue weighted by atomic mass is 16.5. The third-order valence-electron chi connectivity index (χ3n) is 2.97. The summed E-state index contributed by atoms with van der Waals surface area (Å²) >= 11 is 0. The van der Waals surface area contributed by atoms with E-state index in [0.717, 1.165) is 57.3 Å². The van der Waals surface area contributed by atoms with Crippen LogP contribution in [0.5, 0.6) is 0 Å². The highest BCUT2D eigenvalue weighted by Crippen LogP contribution is 2.07. The van der Waals surface area contributed by atoms with E-state index in [-0.39, 0.29) is 0 Å². The average molecular weight is 281 g/mol. The van der Waals surface area contributed by atoms with Crippen molar-refractivity contribution >= 4 is 5.82 Å². The summed E-state index contributed by atoms with van der Waals surface area (Å²) in [5.74, 6) is 0.947. The number of pyridine rings is 1. The molecular weight excluding hydrogens is 254 g/mol. The van der Waals surface area contributed by atoms with Gasteiger partial charge in [0.15, 0.2) is 0 Å². The van der Waals surface area contributed by atoms with E-state index in [1.54, 1.807) is 14.2 Å². The fourth-order valence-corrected chi connectivity index (χ4v) is 1.86. The van der Waals surface area contributed by atoms with Crippen molar-refractivity contribution in [2.45, 2.75) is 19.9 Å². The lowest BCUT2D eigenvalue weighted by Gasteiger charge is -2.21. The molecule has 0 unspecified atom stereocenters. The van der Waals surface area contributed by atoms with E-state index in [2.05, 4.69) is 28.2 Å². The van der Waals surface area contributed by atoms with Gasteiger partial charge in [0, 0.05) is 40.4 Å². The predicted octanol–water partition coefficient (Wildman–Crippen LogP) is 2.00. The molecule has 0 saturated heterocycles. The fraction of sp³-hybridized carbons (Fsp3) is 0.667. The number of ether oxygens (including phenoxy) is 2. The maximum atomic E-state index is 5.15. The number of nitrogens with zero attached hydrogens (tertiary/aromatic N) is 2. The lowest BCUT2D eigenvalue weighted by atomic mass is 10.3. The van der Waals surface area contributed by atoms with Crippen molar-refractivity contribution in [1.29, 1.82) is 0 Å². The molecule has 1 rings (SSSR count). The molecule has 1 heterocycles. The standard InChI is InChI=1S/C15H27N3O2/c1-4-8-16-15-7-5-6-14(17-15)13-18(9-11-19-2)10-12-20-3/h5-7H,4,8-13H2,1-3H3,(H,16,17). The second kappa shape index (κ2) is 10.6. The maximum Gasteiger partial charge on any atom is 0.126 e. The lowest BCUT2D eigenvalue weighted by Crippen LogP contribution is -2.30. The minimum Gasteiger partial charge on any atom is -0.383 e. The van der Waals surface area contributed by atoms with Gasteiger partial charge in [-0.2, -0.15) is 0 Å². The van der Waals surface area contributed by atoms with Crippen LogP contribution in [0, 0.1) is 0 Å². The molecule has 0 amide bonds. The molecule has 0 aliphatic rings. The molecule has 0 bridgehead atoms. The maximum absolute atomic E-state index is 5.15. The van der Waals surface area contributed by atoms with Crippen LogP contribution in [0.2, 0.25) is 0 Å². The van der Waals surface area contributed by atoms with Crippen LogP contribution < -0.4 is 5.32 Å². The second-order valence-electron chi connectivity index (χ2n) is 4.70. The van der Waals surface area contributed by atoms with Crippen molar-refractivity contribution < 1.29 is 9.47 Å². The van der Waals surface area contributed by atoms with Crippen LogP contribution in [0.3, 0.4) is 0 Å². The van der Waals surface area contributed by atoms with Gasteiger partial charge >= 0.3 is 0 Å². The van der Waals surface area contributed by atoms with Gasteiger partial charge in [-0.05, 0) is 18.6 Å². The van der Waals surface area contributed by atoms with Gasteiger partial charge in [-0.1, -0.05) is 13.0 Å². The molecule has 0 aromatic carbocycles. The molecule has 20 heavy (non-hydrogen) atoms. The third-order valence-corrected chi connectivity index (χ3v) is 2.97. The smallest absolute Gasteiger partial charge is 0.126 e. The van der Waals surface area contributed by atoms with Crippen molar-refractivity contribution in [3.8, 4) is 0 Å². The zero-order valence-electron chi connectivity index (χ0n) is 12.9. The van der Waals surface area contributed by atoms with Crippen molar-refractivity contribution in [3.05, 3.63) is 23.9 Å². The minimum absolute atomic E-state index is 0.720. The van der Waals surface area contributed by atoms with Gasteiger partial charge in [0.2, 0.25) is 0 Å². The first-order valence-electron chi connectivity index (χ1n) is 7.20. The summed E-state index contributed by atoms with van der Waals surface area (Å²) in [6.45, 7) is 7.12. The molecule has 1 N–H and O–H groups in total. The Morgan fingerprint density at radius 1 is 1.15 bits per heavy atom. The summed E-state index contributed by atoms with van der Waals surface area (Å²) in [6.07, 6.45) is 1.10. The number of rotatable bonds is 11. The fourth-order valence-electron chi connectivity index (χ4n) is 1.86. The number of hydrogen-bond donors (Lipinski definition) is 1. The third kappa shape index (κ3) is 6.84. The molecule has 0 fully saturated rings. The van der Waals surface area contributed by atoms with Crippen LogP contribution >= 0.6 is 0 Å². The zero-order chi connectivity index (χ0) is 14.6. The summed E-state index contributed by atoms with van der Waals surface area (Å²) in [5, 5.41) is 3.32. The molecule has 1 aromatic rings. The van der Waals surface area contributed by atoms with Gasteiger partial charge in [0.05, 0.1) is 18.9 Å². The topological polar surface area (TPSA) is 46.6 Å². The molecule has 0 aliphatic heterocycles. The lowest BCUT2D eigenvalue weighted by molar-refractivity contribution is 0.109. The van der Waals surface area contributed by atoms with E-state index in [1.165, 1.54) is 0 Å². The monoisotopic (exact) mass is 281 g/mol. The molecule has 114 valence electrons. The number of aromatic nitrogens is 1. The van der Waals surface area contributed by atoms with Gasteiger partial charge in [-0.25, -0.2) is 4.98 Å². The first-order valence-corrected chi connectivity index (χ1v) is 7.20. The summed E-state index contributed by atoms with van der Waals surface area (Å²) < 4.78 is 10.3. The minimum atomic E-state index is 0.720. The van der Waals surface area contributed by atoms with Crippen molar-refractivity contribution in [2.75, 3.05) is 52.4 Å². The predicted molar refractivity (Wildman–Crippen MR) is 82.0 cm³/mol. The normalized spacial score (nSPS) is 11.0. The molecule has 0 spiro atoms. The summed E-state index contributed by atoms with van der Waals surface area (Å²) in [7, 11) is 3.45. The van der Waals surface area contributed by atoms with E-state index < -0.39 is 0 Å². The highest BCUT2D eigenvalue weighted by Gasteiger charge is 2.07. The van der Waals surface area contributed by atoms with Gasteiger partial charge in [0.1, 0.15) is 5.82 Å². The van der Waals surface area contributed by atoms with Crippen LogP contribution in [0.1, 0.15) is 19.0 Å². The van der Waals surface area contributed by atoms with E-state index >= 15 is 0 Å². The number of methoxy groups -OCH3 is 2. The van der Waals surface area contributed by atoms with Gasteiger partial charge in [0.25, 0.3) is 0 Å². The molecular formula is C15H27N3O2. The molecule has 5 nitrogen and oxygen atoms in total. The van der Waals surface area contributed by atoms with Crippen LogP contribution in [-0.4, -0.2) is 57.0 Å². The van der Waals surface area contributed by atoms with Crippen LogP contribution in [0.25, 0.3) is 0 Å². The zero-order valence-corrected chi connectivity index (χ0v) is 12.9. The van der Waals surface area contributed by atoms with Crippen LogP contribution in [0.15, 0.2) is 18.2 Å². The molecule has 1 aromatic heterocycles. The Hall–Kier alpha value is -1.17. The van der Waals surface area contributed by atoms with Crippen LogP contribution in [-0.2, 0) is 16.0 Å². The SMILES string of the molecule is CCCNc1cccc(CN(CCOC)CCOC)n1. The van der Waals surface area contributed by atoms with E-state index in [0.29, 0.717) is 0 Å². The Balaban J connectivity index is 2.56. The molecule has 0 saturated carbocycles. The average Bonchev–Trinajstić information content (AvgIpc) is 2.48. The van der Waals surface area contributed by atoms with E-state index in [4.69, 9.17) is 9.47 Å². The quantitative estimate of drug-likeness (QED) is 0.672. The Bertz CT molecular complexity index is 353. The highest BCUT2D eigenvalue weighted by molar-refractivity contribution is 5.35. The largest absolute Gasteiger partial charge is 0.383 e. The number of hydrogen-bond acceptors (Lipinski definition) is 5. The van der Waals surface area contributed by atoms with Gasteiger partial charge in [-0.15, -0.1) is 0 Å². The summed E-state index contributed by atoms with van der Waals surface area (Å²) in [5.41, 5.74) is 1.07. The Labute approximate surface area is 122 Å². The molecule has 5 heteroatoms. The van der Waals surface area contributed by atoms with Gasteiger partial charge < -0.3 is 14.8 Å². The second-order valence-corrected chi connectivity index (χ2v) is 4.70. The van der Waals surface area contributed by atoms with Crippen molar-refractivity contribution in [1.82, 2.24) is 9.88 Å². The molecule has 0 radical (unpaired) electrons. The summed E-state index contributed by atoms with van der Waals surface area (Å²) in [4.78, 5) is 6.92. The Morgan fingerprint density at radius 2 is 1.85 bits per heavy atom. The number of anilines is 1. The molecule has 0 aliphatic carbocycles.